The number of hydroxylamine groups is 2. The van der Waals surface area contributed by atoms with Crippen LogP contribution in [-0.2, 0) is 4.65 Å². The Morgan fingerprint density at radius 1 is 1.26 bits per heavy atom. The van der Waals surface area contributed by atoms with Crippen molar-refractivity contribution < 1.29 is 28.7 Å². The number of halogens is 2. The predicted molar refractivity (Wildman–Crippen MR) is 129 cm³/mol. The lowest BCUT2D eigenvalue weighted by atomic mass is 9.74. The van der Waals surface area contributed by atoms with Crippen LogP contribution in [-0.4, -0.2) is 58.8 Å². The average Bonchev–Trinajstić information content (AvgIpc) is 3.30. The molecule has 11 nitrogen and oxygen atoms in total. The van der Waals surface area contributed by atoms with Gasteiger partial charge in [0, 0.05) is 36.9 Å². The van der Waals surface area contributed by atoms with Gasteiger partial charge in [0.2, 0.25) is 0 Å². The van der Waals surface area contributed by atoms with E-state index in [-0.39, 0.29) is 35.0 Å². The van der Waals surface area contributed by atoms with E-state index in [1.165, 1.54) is 31.5 Å². The molecule has 0 spiro atoms. The van der Waals surface area contributed by atoms with Crippen LogP contribution in [0.2, 0.25) is 0 Å². The summed E-state index contributed by atoms with van der Waals surface area (Å²) in [6.07, 6.45) is 2.24. The molecular formula is C21H21BBrFN6O5. The smallest absolute Gasteiger partial charge is 0.538 e. The van der Waals surface area contributed by atoms with E-state index in [1.54, 1.807) is 24.3 Å². The maximum atomic E-state index is 13.5. The summed E-state index contributed by atoms with van der Waals surface area (Å²) in [5.74, 6) is -0.500. The summed E-state index contributed by atoms with van der Waals surface area (Å²) in [5, 5.41) is 37.4. The molecule has 1 amide bonds. The summed E-state index contributed by atoms with van der Waals surface area (Å²) in [6, 6.07) is 9.27. The molecule has 1 atom stereocenters. The van der Waals surface area contributed by atoms with E-state index in [4.69, 9.17) is 9.28 Å². The summed E-state index contributed by atoms with van der Waals surface area (Å²) in [5.41, 5.74) is 2.43. The number of rotatable bonds is 9. The number of aromatic nitrogens is 2. The number of carbonyl (C=O) groups is 1. The van der Waals surface area contributed by atoms with Crippen LogP contribution in [0.1, 0.15) is 27.8 Å². The molecule has 182 valence electrons. The average molecular weight is 547 g/mol. The fraction of sp³-hybridized carbons (Fsp3) is 0.190. The summed E-state index contributed by atoms with van der Waals surface area (Å²) >= 11 is 3.12. The summed E-state index contributed by atoms with van der Waals surface area (Å²) in [4.78, 5) is 12.5. The van der Waals surface area contributed by atoms with Gasteiger partial charge in [-0.2, -0.15) is 5.06 Å². The lowest BCUT2D eigenvalue weighted by Gasteiger charge is -2.23. The third-order valence-electron chi connectivity index (χ3n) is 5.14. The van der Waals surface area contributed by atoms with E-state index >= 15 is 0 Å². The monoisotopic (exact) mass is 546 g/mol. The number of hydrogen-bond acceptors (Lipinski definition) is 10. The number of nitrogens with one attached hydrogen (secondary N) is 3. The second-order valence-corrected chi connectivity index (χ2v) is 8.42. The zero-order valence-corrected chi connectivity index (χ0v) is 20.0. The van der Waals surface area contributed by atoms with E-state index in [0.717, 1.165) is 10.6 Å². The van der Waals surface area contributed by atoms with E-state index in [2.05, 4.69) is 42.2 Å². The Hall–Kier alpha value is -3.46. The Bertz CT molecular complexity index is 1240. The van der Waals surface area contributed by atoms with Crippen LogP contribution in [0.25, 0.3) is 6.08 Å². The third kappa shape index (κ3) is 5.79. The summed E-state index contributed by atoms with van der Waals surface area (Å²) in [7, 11) is 0.287. The number of amides is 1. The van der Waals surface area contributed by atoms with Crippen molar-refractivity contribution in [2.45, 2.75) is 6.17 Å². The molecule has 0 radical (unpaired) electrons. The normalized spacial score (nSPS) is 13.3. The van der Waals surface area contributed by atoms with Gasteiger partial charge in [-0.1, -0.05) is 6.07 Å². The van der Waals surface area contributed by atoms with Crippen LogP contribution in [0.3, 0.4) is 0 Å². The van der Waals surface area contributed by atoms with Gasteiger partial charge >= 0.3 is 7.12 Å². The van der Waals surface area contributed by atoms with Crippen LogP contribution in [0.4, 0.5) is 15.9 Å². The highest BCUT2D eigenvalue weighted by Gasteiger charge is 2.26. The summed E-state index contributed by atoms with van der Waals surface area (Å²) < 4.78 is 23.7. The molecule has 5 N–H and O–H groups in total. The van der Waals surface area contributed by atoms with Crippen LogP contribution in [0.15, 0.2) is 51.8 Å². The van der Waals surface area contributed by atoms with Crippen molar-refractivity contribution in [1.82, 2.24) is 20.7 Å². The van der Waals surface area contributed by atoms with E-state index < -0.39 is 19.1 Å². The van der Waals surface area contributed by atoms with Crippen molar-refractivity contribution in [1.29, 1.82) is 0 Å². The molecule has 1 aromatic heterocycles. The molecular weight excluding hydrogens is 526 g/mol. The molecule has 35 heavy (non-hydrogen) atoms. The van der Waals surface area contributed by atoms with Gasteiger partial charge in [0.1, 0.15) is 5.82 Å². The number of nitrogens with zero attached hydrogens (tertiary/aromatic N) is 3. The maximum Gasteiger partial charge on any atom is 0.560 e. The quantitative estimate of drug-likeness (QED) is 0.117. The van der Waals surface area contributed by atoms with E-state index in [9.17, 15) is 19.4 Å². The Labute approximate surface area is 208 Å². The first kappa shape index (κ1) is 24.7. The zero-order valence-electron chi connectivity index (χ0n) is 18.4. The highest BCUT2D eigenvalue weighted by atomic mass is 79.9. The number of carbonyl (C=O) groups excluding carboxylic acids is 1. The molecule has 0 saturated heterocycles. The number of hydrogen-bond donors (Lipinski definition) is 5. The minimum absolute atomic E-state index is 0.235. The molecule has 1 unspecified atom stereocenters. The number of anilines is 2. The molecule has 4 rings (SSSR count). The molecule has 1 aliphatic rings. The molecule has 3 aromatic rings. The van der Waals surface area contributed by atoms with Crippen molar-refractivity contribution in [2.24, 2.45) is 0 Å². The minimum atomic E-state index is -1.12. The highest BCUT2D eigenvalue weighted by molar-refractivity contribution is 9.10. The third-order valence-corrected chi connectivity index (χ3v) is 5.75. The van der Waals surface area contributed by atoms with Gasteiger partial charge in [0.15, 0.2) is 17.7 Å². The van der Waals surface area contributed by atoms with E-state index in [1.807, 2.05) is 0 Å². The van der Waals surface area contributed by atoms with Crippen molar-refractivity contribution in [3.8, 4) is 0 Å². The second-order valence-electron chi connectivity index (χ2n) is 7.57. The molecule has 0 fully saturated rings. The SMILES string of the molecule is CN(O)C(Nc1ccc(F)c(Br)c1)c1nonc1NCCNC(=O)c1ccc2c(c1)B(O)OC=C2. The van der Waals surface area contributed by atoms with Crippen LogP contribution in [0.5, 0.6) is 0 Å². The molecule has 14 heteroatoms. The Kier molecular flexibility index (Phi) is 7.65. The largest absolute Gasteiger partial charge is 0.560 e. The summed E-state index contributed by atoms with van der Waals surface area (Å²) in [6.45, 7) is 0.509. The van der Waals surface area contributed by atoms with Crippen molar-refractivity contribution in [2.75, 3.05) is 30.8 Å². The van der Waals surface area contributed by atoms with Gasteiger partial charge in [-0.05, 0) is 68.2 Å². The Balaban J connectivity index is 1.35. The molecule has 2 aromatic carbocycles. The Morgan fingerprint density at radius 3 is 2.86 bits per heavy atom. The van der Waals surface area contributed by atoms with Gasteiger partial charge < -0.3 is 30.8 Å². The van der Waals surface area contributed by atoms with Gasteiger partial charge in [0.05, 0.1) is 10.7 Å². The standard InChI is InChI=1S/C21H21BBrFN6O5/c1-30(33)20(27-14-4-5-17(24)16(23)11-14)18-19(29-35-28-18)25-7-8-26-21(31)13-3-2-12-6-9-34-22(32)15(12)10-13/h2-6,9-11,20,27,32-33H,7-8H2,1H3,(H,25,29)(H,26,31). The molecule has 0 aliphatic carbocycles. The first-order chi connectivity index (χ1) is 16.8. The topological polar surface area (TPSA) is 145 Å². The van der Waals surface area contributed by atoms with Crippen LogP contribution in [0, 0.1) is 5.82 Å². The lowest BCUT2D eigenvalue weighted by Crippen LogP contribution is -2.37. The zero-order chi connectivity index (χ0) is 24.9. The van der Waals surface area contributed by atoms with Crippen LogP contribution < -0.4 is 21.4 Å². The van der Waals surface area contributed by atoms with Gasteiger partial charge in [-0.15, -0.1) is 0 Å². The molecule has 0 bridgehead atoms. The van der Waals surface area contributed by atoms with Gasteiger partial charge in [-0.3, -0.25) is 4.79 Å². The predicted octanol–water partition coefficient (Wildman–Crippen LogP) is 1.93. The lowest BCUT2D eigenvalue weighted by molar-refractivity contribution is -0.0969. The molecule has 0 saturated carbocycles. The van der Waals surface area contributed by atoms with Gasteiger partial charge in [0.25, 0.3) is 5.91 Å². The molecule has 2 heterocycles. The molecule has 1 aliphatic heterocycles. The van der Waals surface area contributed by atoms with Crippen molar-refractivity contribution in [3.63, 3.8) is 0 Å². The Morgan fingerprint density at radius 2 is 2.09 bits per heavy atom. The maximum absolute atomic E-state index is 13.5. The van der Waals surface area contributed by atoms with Crippen molar-refractivity contribution in [3.05, 3.63) is 69.8 Å². The first-order valence-corrected chi connectivity index (χ1v) is 11.2. The number of fused-ring (bicyclic) bond motifs is 1. The fourth-order valence-electron chi connectivity index (χ4n) is 3.38. The van der Waals surface area contributed by atoms with E-state index in [0.29, 0.717) is 16.7 Å². The highest BCUT2D eigenvalue weighted by Crippen LogP contribution is 2.27. The second kappa shape index (κ2) is 10.9. The van der Waals surface area contributed by atoms with Gasteiger partial charge in [-0.25, -0.2) is 9.02 Å². The number of benzene rings is 2. The minimum Gasteiger partial charge on any atom is -0.538 e. The first-order valence-electron chi connectivity index (χ1n) is 10.5. The van der Waals surface area contributed by atoms with Crippen LogP contribution >= 0.6 is 15.9 Å². The fourth-order valence-corrected chi connectivity index (χ4v) is 3.76. The van der Waals surface area contributed by atoms with Crippen molar-refractivity contribution >= 4 is 52.0 Å².